The number of anilines is 1. The molecule has 2 nitrogen and oxygen atoms in total. The number of aryl methyl sites for hydroxylation is 3. The van der Waals surface area contributed by atoms with Crippen LogP contribution in [0.15, 0.2) is 70.4 Å². The van der Waals surface area contributed by atoms with Gasteiger partial charge in [0.25, 0.3) is 0 Å². The zero-order valence-electron chi connectivity index (χ0n) is 17.4. The third-order valence-electron chi connectivity index (χ3n) is 5.69. The molecule has 0 amide bonds. The van der Waals surface area contributed by atoms with Crippen molar-refractivity contribution in [2.45, 2.75) is 48.0 Å². The van der Waals surface area contributed by atoms with Crippen molar-refractivity contribution >= 4 is 11.4 Å². The number of nitrogens with one attached hydrogen (secondary N) is 1. The van der Waals surface area contributed by atoms with E-state index in [0.717, 1.165) is 17.8 Å². The fraction of sp³-hybridized carbons (Fsp3) is 0.320. The molecule has 3 rings (SSSR count). The van der Waals surface area contributed by atoms with Crippen molar-refractivity contribution in [3.8, 4) is 0 Å². The lowest BCUT2D eigenvalue weighted by atomic mass is 9.93. The van der Waals surface area contributed by atoms with Gasteiger partial charge >= 0.3 is 0 Å². The van der Waals surface area contributed by atoms with Crippen molar-refractivity contribution in [2.75, 3.05) is 5.43 Å². The molecule has 0 heterocycles. The molecule has 1 N–H and O–H groups in total. The Balaban J connectivity index is 1.93. The molecule has 0 saturated heterocycles. The summed E-state index contributed by atoms with van der Waals surface area (Å²) in [4.78, 5) is 0. The average molecular weight is 359 g/mol. The van der Waals surface area contributed by atoms with Crippen LogP contribution in [0.5, 0.6) is 0 Å². The molecule has 27 heavy (non-hydrogen) atoms. The van der Waals surface area contributed by atoms with Crippen molar-refractivity contribution < 1.29 is 0 Å². The van der Waals surface area contributed by atoms with E-state index in [0.29, 0.717) is 5.92 Å². The second-order valence-corrected chi connectivity index (χ2v) is 7.78. The Morgan fingerprint density at radius 1 is 0.926 bits per heavy atom. The van der Waals surface area contributed by atoms with Crippen LogP contribution in [0.2, 0.25) is 0 Å². The van der Waals surface area contributed by atoms with E-state index in [9.17, 15) is 0 Å². The molecule has 0 fully saturated rings. The highest BCUT2D eigenvalue weighted by molar-refractivity contribution is 6.01. The van der Waals surface area contributed by atoms with Crippen molar-refractivity contribution in [3.05, 3.63) is 87.5 Å². The summed E-state index contributed by atoms with van der Waals surface area (Å²) >= 11 is 0. The Morgan fingerprint density at radius 2 is 1.56 bits per heavy atom. The number of rotatable bonds is 5. The molecule has 2 heteroatoms. The monoisotopic (exact) mass is 358 g/mol. The summed E-state index contributed by atoms with van der Waals surface area (Å²) in [5.74, 6) is 0.422. The minimum absolute atomic E-state index is 0.422. The summed E-state index contributed by atoms with van der Waals surface area (Å²) in [5.41, 5.74) is 14.8. The highest BCUT2D eigenvalue weighted by Crippen LogP contribution is 2.33. The molecule has 2 aromatic rings. The minimum Gasteiger partial charge on any atom is -0.278 e. The van der Waals surface area contributed by atoms with E-state index in [1.54, 1.807) is 0 Å². The quantitative estimate of drug-likeness (QED) is 0.465. The minimum atomic E-state index is 0.422. The number of benzene rings is 2. The molecule has 0 spiro atoms. The van der Waals surface area contributed by atoms with Gasteiger partial charge in [-0.25, -0.2) is 0 Å². The fourth-order valence-electron chi connectivity index (χ4n) is 3.90. The van der Waals surface area contributed by atoms with Gasteiger partial charge in [-0.2, -0.15) is 5.10 Å². The fourth-order valence-corrected chi connectivity index (χ4v) is 3.90. The van der Waals surface area contributed by atoms with Gasteiger partial charge in [0.1, 0.15) is 0 Å². The average Bonchev–Trinajstić information content (AvgIpc) is 2.87. The predicted octanol–water partition coefficient (Wildman–Crippen LogP) is 6.73. The highest BCUT2D eigenvalue weighted by atomic mass is 15.3. The summed E-state index contributed by atoms with van der Waals surface area (Å²) < 4.78 is 0. The summed E-state index contributed by atoms with van der Waals surface area (Å²) in [6.45, 7) is 13.1. The smallest absolute Gasteiger partial charge is 0.0688 e. The van der Waals surface area contributed by atoms with Crippen molar-refractivity contribution in [1.29, 1.82) is 0 Å². The maximum atomic E-state index is 4.88. The number of hydrazone groups is 1. The molecule has 2 aromatic carbocycles. The van der Waals surface area contributed by atoms with Crippen molar-refractivity contribution in [2.24, 2.45) is 11.0 Å². The SMILES string of the molecule is CC1=CC(CC(=NNc2c(C)cc(C)cc2C)c2ccccc2)C(C)=C1C. The summed E-state index contributed by atoms with van der Waals surface area (Å²) in [6, 6.07) is 14.9. The van der Waals surface area contributed by atoms with E-state index in [4.69, 9.17) is 5.10 Å². The number of nitrogens with zero attached hydrogens (tertiary/aromatic N) is 1. The van der Waals surface area contributed by atoms with Gasteiger partial charge in [-0.15, -0.1) is 0 Å². The van der Waals surface area contributed by atoms with Gasteiger partial charge < -0.3 is 0 Å². The van der Waals surface area contributed by atoms with Crippen LogP contribution in [0.4, 0.5) is 5.69 Å². The van der Waals surface area contributed by atoms with Crippen molar-refractivity contribution in [1.82, 2.24) is 0 Å². The zero-order chi connectivity index (χ0) is 19.6. The molecular formula is C25H30N2. The van der Waals surface area contributed by atoms with Gasteiger partial charge in [0.15, 0.2) is 0 Å². The van der Waals surface area contributed by atoms with Gasteiger partial charge in [-0.05, 0) is 63.8 Å². The molecule has 140 valence electrons. The Kier molecular flexibility index (Phi) is 5.65. The highest BCUT2D eigenvalue weighted by Gasteiger charge is 2.21. The van der Waals surface area contributed by atoms with E-state index >= 15 is 0 Å². The molecule has 1 atom stereocenters. The number of hydrogen-bond donors (Lipinski definition) is 1. The predicted molar refractivity (Wildman–Crippen MR) is 117 cm³/mol. The second-order valence-electron chi connectivity index (χ2n) is 7.78. The molecule has 1 aliphatic rings. The third kappa shape index (κ3) is 4.21. The Morgan fingerprint density at radius 3 is 2.11 bits per heavy atom. The normalized spacial score (nSPS) is 17.3. The molecule has 1 aliphatic carbocycles. The molecule has 0 saturated carbocycles. The van der Waals surface area contributed by atoms with Crippen LogP contribution in [-0.4, -0.2) is 5.71 Å². The first-order valence-corrected chi connectivity index (χ1v) is 9.69. The summed E-state index contributed by atoms with van der Waals surface area (Å²) in [7, 11) is 0. The van der Waals surface area contributed by atoms with E-state index in [-0.39, 0.29) is 0 Å². The van der Waals surface area contributed by atoms with Gasteiger partial charge in [0, 0.05) is 12.3 Å². The Labute approximate surface area is 163 Å². The topological polar surface area (TPSA) is 24.4 Å². The van der Waals surface area contributed by atoms with Crippen LogP contribution in [0.25, 0.3) is 0 Å². The van der Waals surface area contributed by atoms with Crippen LogP contribution >= 0.6 is 0 Å². The summed E-state index contributed by atoms with van der Waals surface area (Å²) in [5, 5.41) is 4.88. The zero-order valence-corrected chi connectivity index (χ0v) is 17.4. The van der Waals surface area contributed by atoms with Crippen LogP contribution < -0.4 is 5.43 Å². The largest absolute Gasteiger partial charge is 0.278 e. The van der Waals surface area contributed by atoms with Crippen LogP contribution in [0, 0.1) is 26.7 Å². The van der Waals surface area contributed by atoms with Gasteiger partial charge in [0.2, 0.25) is 0 Å². The lowest BCUT2D eigenvalue weighted by molar-refractivity contribution is 0.808. The first-order valence-electron chi connectivity index (χ1n) is 9.69. The Bertz CT molecular complexity index is 907. The molecular weight excluding hydrogens is 328 g/mol. The first kappa shape index (κ1) is 19.2. The molecule has 0 bridgehead atoms. The van der Waals surface area contributed by atoms with Crippen molar-refractivity contribution in [3.63, 3.8) is 0 Å². The standard InChI is InChI=1S/C25H30N2/c1-16-12-18(3)25(19(4)13-16)27-26-24(22-10-8-7-9-11-22)15-23-14-17(2)20(5)21(23)6/h7-14,23,27H,15H2,1-6H3. The molecule has 0 aliphatic heterocycles. The van der Waals surface area contributed by atoms with E-state index in [1.807, 2.05) is 0 Å². The van der Waals surface area contributed by atoms with Crippen LogP contribution in [0.1, 0.15) is 49.4 Å². The summed E-state index contributed by atoms with van der Waals surface area (Å²) in [6.07, 6.45) is 3.28. The third-order valence-corrected chi connectivity index (χ3v) is 5.69. The van der Waals surface area contributed by atoms with Crippen LogP contribution in [0.3, 0.4) is 0 Å². The maximum absolute atomic E-state index is 4.88. The molecule has 0 radical (unpaired) electrons. The van der Waals surface area contributed by atoms with E-state index in [1.165, 1.54) is 39.0 Å². The lowest BCUT2D eigenvalue weighted by Crippen LogP contribution is -2.11. The van der Waals surface area contributed by atoms with E-state index in [2.05, 4.69) is 95.5 Å². The second kappa shape index (κ2) is 7.96. The first-order chi connectivity index (χ1) is 12.9. The molecule has 1 unspecified atom stereocenters. The maximum Gasteiger partial charge on any atom is 0.0688 e. The van der Waals surface area contributed by atoms with Gasteiger partial charge in [-0.3, -0.25) is 5.43 Å². The van der Waals surface area contributed by atoms with Gasteiger partial charge in [-0.1, -0.05) is 65.3 Å². The van der Waals surface area contributed by atoms with E-state index < -0.39 is 0 Å². The molecule has 0 aromatic heterocycles. The number of allylic oxidation sites excluding steroid dienone is 4. The lowest BCUT2D eigenvalue weighted by Gasteiger charge is -2.16. The number of hydrogen-bond acceptors (Lipinski definition) is 2. The van der Waals surface area contributed by atoms with Gasteiger partial charge in [0.05, 0.1) is 11.4 Å². The Hall–Kier alpha value is -2.61. The van der Waals surface area contributed by atoms with Crippen LogP contribution in [-0.2, 0) is 0 Å².